The molecule has 0 aliphatic carbocycles. The van der Waals surface area contributed by atoms with Gasteiger partial charge in [0.05, 0.1) is 0 Å². The fraction of sp³-hybridized carbons (Fsp3) is 0.0833. The van der Waals surface area contributed by atoms with Gasteiger partial charge in [-0.2, -0.15) is 5.10 Å². The number of rotatable bonds is 4. The summed E-state index contributed by atoms with van der Waals surface area (Å²) < 4.78 is 1.55. The smallest absolute Gasteiger partial charge is 0.246 e. The van der Waals surface area contributed by atoms with E-state index in [-0.39, 0.29) is 12.5 Å². The predicted molar refractivity (Wildman–Crippen MR) is 73.2 cm³/mol. The van der Waals surface area contributed by atoms with E-state index < -0.39 is 0 Å². The van der Waals surface area contributed by atoms with Crippen molar-refractivity contribution in [2.75, 3.05) is 5.32 Å². The van der Waals surface area contributed by atoms with Crippen LogP contribution in [0.3, 0.4) is 0 Å². The number of anilines is 1. The first-order valence-corrected chi connectivity index (χ1v) is 5.73. The van der Waals surface area contributed by atoms with Gasteiger partial charge >= 0.3 is 0 Å². The van der Waals surface area contributed by atoms with E-state index in [1.807, 2.05) is 0 Å². The molecule has 0 saturated carbocycles. The largest absolute Gasteiger partial charge is 0.389 e. The van der Waals surface area contributed by atoms with Gasteiger partial charge in [0, 0.05) is 23.6 Å². The highest BCUT2D eigenvalue weighted by Crippen LogP contribution is 2.10. The fourth-order valence-electron chi connectivity index (χ4n) is 1.49. The van der Waals surface area contributed by atoms with Crippen molar-refractivity contribution in [1.82, 2.24) is 9.78 Å². The van der Waals surface area contributed by atoms with Crippen molar-refractivity contribution >= 4 is 28.8 Å². The number of carbonyl (C=O) groups is 1. The average Bonchev–Trinajstić information content (AvgIpc) is 2.82. The lowest BCUT2D eigenvalue weighted by molar-refractivity contribution is -0.116. The third-order valence-electron chi connectivity index (χ3n) is 2.30. The first-order valence-electron chi connectivity index (χ1n) is 5.32. The van der Waals surface area contributed by atoms with Gasteiger partial charge in [-0.15, -0.1) is 0 Å². The quantitative estimate of drug-likeness (QED) is 0.809. The first kappa shape index (κ1) is 12.3. The molecule has 92 valence electrons. The molecule has 2 aromatic rings. The van der Waals surface area contributed by atoms with Crippen LogP contribution in [0.5, 0.6) is 0 Å². The zero-order chi connectivity index (χ0) is 13.0. The van der Waals surface area contributed by atoms with Crippen LogP contribution in [-0.2, 0) is 11.3 Å². The van der Waals surface area contributed by atoms with Gasteiger partial charge in [-0.1, -0.05) is 24.4 Å². The van der Waals surface area contributed by atoms with Crippen molar-refractivity contribution in [3.8, 4) is 0 Å². The minimum absolute atomic E-state index is 0.154. The van der Waals surface area contributed by atoms with E-state index in [0.29, 0.717) is 10.7 Å². The highest BCUT2D eigenvalue weighted by Gasteiger charge is 2.04. The Labute approximate surface area is 110 Å². The summed E-state index contributed by atoms with van der Waals surface area (Å²) in [5.41, 5.74) is 6.92. The van der Waals surface area contributed by atoms with Crippen LogP contribution in [0.25, 0.3) is 0 Å². The van der Waals surface area contributed by atoms with E-state index in [2.05, 4.69) is 10.4 Å². The molecule has 1 aromatic heterocycles. The zero-order valence-corrected chi connectivity index (χ0v) is 10.4. The van der Waals surface area contributed by atoms with E-state index in [9.17, 15) is 4.79 Å². The van der Waals surface area contributed by atoms with E-state index in [1.54, 1.807) is 47.4 Å². The molecule has 1 heterocycles. The lowest BCUT2D eigenvalue weighted by Gasteiger charge is -2.07. The Morgan fingerprint density at radius 2 is 2.28 bits per heavy atom. The molecule has 0 saturated heterocycles. The Morgan fingerprint density at radius 3 is 2.94 bits per heavy atom. The van der Waals surface area contributed by atoms with Gasteiger partial charge in [0.2, 0.25) is 5.91 Å². The molecule has 2 rings (SSSR count). The van der Waals surface area contributed by atoms with E-state index in [4.69, 9.17) is 18.0 Å². The summed E-state index contributed by atoms with van der Waals surface area (Å²) in [6.07, 6.45) is 3.35. The molecular weight excluding hydrogens is 248 g/mol. The van der Waals surface area contributed by atoms with Crippen LogP contribution >= 0.6 is 12.2 Å². The number of benzene rings is 1. The molecule has 0 spiro atoms. The maximum absolute atomic E-state index is 11.7. The number of carbonyl (C=O) groups excluding carboxylic acids is 1. The summed E-state index contributed by atoms with van der Waals surface area (Å²) in [5.74, 6) is -0.154. The van der Waals surface area contributed by atoms with Crippen LogP contribution in [0, 0.1) is 0 Å². The van der Waals surface area contributed by atoms with Crippen molar-refractivity contribution in [2.45, 2.75) is 6.54 Å². The highest BCUT2D eigenvalue weighted by atomic mass is 32.1. The zero-order valence-electron chi connectivity index (χ0n) is 9.54. The minimum Gasteiger partial charge on any atom is -0.389 e. The summed E-state index contributed by atoms with van der Waals surface area (Å²) in [6, 6.07) is 8.87. The van der Waals surface area contributed by atoms with Crippen LogP contribution in [0.15, 0.2) is 42.7 Å². The molecule has 0 radical (unpaired) electrons. The molecule has 3 N–H and O–H groups in total. The second kappa shape index (κ2) is 5.42. The molecular formula is C12H12N4OS. The molecule has 18 heavy (non-hydrogen) atoms. The Hall–Kier alpha value is -2.21. The summed E-state index contributed by atoms with van der Waals surface area (Å²) >= 11 is 4.88. The first-order chi connectivity index (χ1) is 8.65. The van der Waals surface area contributed by atoms with Gasteiger partial charge in [0.25, 0.3) is 0 Å². The molecule has 1 aromatic carbocycles. The average molecular weight is 260 g/mol. The number of aromatic nitrogens is 2. The highest BCUT2D eigenvalue weighted by molar-refractivity contribution is 7.80. The molecule has 6 heteroatoms. The van der Waals surface area contributed by atoms with Gasteiger partial charge in [0.15, 0.2) is 0 Å². The summed E-state index contributed by atoms with van der Waals surface area (Å²) in [6.45, 7) is 0.171. The molecule has 0 aliphatic rings. The molecule has 0 aliphatic heterocycles. The monoisotopic (exact) mass is 260 g/mol. The third kappa shape index (κ3) is 3.14. The van der Waals surface area contributed by atoms with Crippen LogP contribution in [-0.4, -0.2) is 20.7 Å². The van der Waals surface area contributed by atoms with Crippen molar-refractivity contribution in [3.63, 3.8) is 0 Å². The van der Waals surface area contributed by atoms with Gasteiger partial charge in [-0.25, -0.2) is 0 Å². The Kier molecular flexibility index (Phi) is 3.69. The number of amides is 1. The maximum atomic E-state index is 11.7. The molecule has 0 fully saturated rings. The number of hydrogen-bond acceptors (Lipinski definition) is 3. The molecule has 0 atom stereocenters. The summed E-state index contributed by atoms with van der Waals surface area (Å²) in [4.78, 5) is 12.0. The van der Waals surface area contributed by atoms with Crippen LogP contribution < -0.4 is 11.1 Å². The third-order valence-corrected chi connectivity index (χ3v) is 2.53. The number of hydrogen-bond donors (Lipinski definition) is 2. The lowest BCUT2D eigenvalue weighted by Crippen LogP contribution is -2.19. The van der Waals surface area contributed by atoms with Crippen molar-refractivity contribution < 1.29 is 4.79 Å². The molecule has 1 amide bonds. The van der Waals surface area contributed by atoms with Crippen LogP contribution in [0.1, 0.15) is 5.56 Å². The SMILES string of the molecule is NC(=S)c1cccc(NC(=O)Cn2cccn2)c1. The summed E-state index contributed by atoms with van der Waals surface area (Å²) in [7, 11) is 0. The molecule has 5 nitrogen and oxygen atoms in total. The fourth-order valence-corrected chi connectivity index (χ4v) is 1.62. The predicted octanol–water partition coefficient (Wildman–Crippen LogP) is 1.16. The van der Waals surface area contributed by atoms with E-state index in [1.165, 1.54) is 0 Å². The van der Waals surface area contributed by atoms with Crippen LogP contribution in [0.4, 0.5) is 5.69 Å². The van der Waals surface area contributed by atoms with Crippen molar-refractivity contribution in [1.29, 1.82) is 0 Å². The normalized spacial score (nSPS) is 10.0. The van der Waals surface area contributed by atoms with Gasteiger partial charge in [0.1, 0.15) is 11.5 Å². The van der Waals surface area contributed by atoms with Crippen molar-refractivity contribution in [3.05, 3.63) is 48.3 Å². The van der Waals surface area contributed by atoms with Gasteiger partial charge in [-0.05, 0) is 18.2 Å². The van der Waals surface area contributed by atoms with Crippen LogP contribution in [0.2, 0.25) is 0 Å². The Bertz CT molecular complexity index is 565. The second-order valence-electron chi connectivity index (χ2n) is 3.70. The number of nitrogens with two attached hydrogens (primary N) is 1. The second-order valence-corrected chi connectivity index (χ2v) is 4.14. The lowest BCUT2D eigenvalue weighted by atomic mass is 10.2. The summed E-state index contributed by atoms with van der Waals surface area (Å²) in [5, 5.41) is 6.72. The topological polar surface area (TPSA) is 72.9 Å². The standard InChI is InChI=1S/C12H12N4OS/c13-12(18)9-3-1-4-10(7-9)15-11(17)8-16-6-2-5-14-16/h1-7H,8H2,(H2,13,18)(H,15,17). The number of nitrogens with one attached hydrogen (secondary N) is 1. The van der Waals surface area contributed by atoms with E-state index in [0.717, 1.165) is 5.56 Å². The Morgan fingerprint density at radius 1 is 1.44 bits per heavy atom. The molecule has 0 unspecified atom stereocenters. The number of nitrogens with zero attached hydrogens (tertiary/aromatic N) is 2. The Balaban J connectivity index is 2.03. The van der Waals surface area contributed by atoms with Gasteiger partial charge in [-0.3, -0.25) is 9.48 Å². The maximum Gasteiger partial charge on any atom is 0.246 e. The van der Waals surface area contributed by atoms with E-state index >= 15 is 0 Å². The number of thiocarbonyl (C=S) groups is 1. The van der Waals surface area contributed by atoms with Gasteiger partial charge < -0.3 is 11.1 Å². The minimum atomic E-state index is -0.154. The van der Waals surface area contributed by atoms with Crippen molar-refractivity contribution in [2.24, 2.45) is 5.73 Å². The molecule has 0 bridgehead atoms.